The summed E-state index contributed by atoms with van der Waals surface area (Å²) in [5.41, 5.74) is 0. The molecule has 4 rings (SSSR count). The summed E-state index contributed by atoms with van der Waals surface area (Å²) in [7, 11) is 0. The van der Waals surface area contributed by atoms with Gasteiger partial charge in [-0.2, -0.15) is 4.98 Å². The highest BCUT2D eigenvalue weighted by Gasteiger charge is 2.31. The summed E-state index contributed by atoms with van der Waals surface area (Å²) in [6, 6.07) is 3.97. The first-order valence-corrected chi connectivity index (χ1v) is 9.55. The lowest BCUT2D eigenvalue weighted by Crippen LogP contribution is -2.43. The van der Waals surface area contributed by atoms with Crippen molar-refractivity contribution < 1.29 is 9.32 Å². The molecule has 0 aromatic carbocycles. The minimum atomic E-state index is 0.122. The molecule has 7 heteroatoms. The van der Waals surface area contributed by atoms with Gasteiger partial charge < -0.3 is 9.42 Å². The normalized spacial score (nSPS) is 22.2. The molecule has 4 heterocycles. The van der Waals surface area contributed by atoms with Crippen molar-refractivity contribution in [3.05, 3.63) is 23.4 Å². The SMILES string of the molecule is O=C(C1CCCN(Cc2nc(-c3cccs3)no2)C1)N1CCCC1. The number of hydrogen-bond acceptors (Lipinski definition) is 6. The van der Waals surface area contributed by atoms with Crippen LogP contribution in [0.15, 0.2) is 22.0 Å². The number of nitrogens with zero attached hydrogens (tertiary/aromatic N) is 4. The second-order valence-corrected chi connectivity index (χ2v) is 7.54. The number of hydrogen-bond donors (Lipinski definition) is 0. The van der Waals surface area contributed by atoms with Gasteiger partial charge in [0.25, 0.3) is 0 Å². The van der Waals surface area contributed by atoms with Crippen LogP contribution in [-0.2, 0) is 11.3 Å². The molecule has 2 aliphatic heterocycles. The van der Waals surface area contributed by atoms with E-state index in [4.69, 9.17) is 4.52 Å². The largest absolute Gasteiger partial charge is 0.342 e. The summed E-state index contributed by atoms with van der Waals surface area (Å²) in [6.45, 7) is 4.28. The van der Waals surface area contributed by atoms with Crippen molar-refractivity contribution in [2.24, 2.45) is 5.92 Å². The molecule has 128 valence electrons. The molecule has 2 saturated heterocycles. The van der Waals surface area contributed by atoms with Gasteiger partial charge in [-0.3, -0.25) is 9.69 Å². The maximum absolute atomic E-state index is 12.6. The van der Waals surface area contributed by atoms with Crippen molar-refractivity contribution in [3.8, 4) is 10.7 Å². The van der Waals surface area contributed by atoms with Gasteiger partial charge in [0.05, 0.1) is 17.3 Å². The van der Waals surface area contributed by atoms with Crippen LogP contribution in [-0.4, -0.2) is 52.0 Å². The Balaban J connectivity index is 1.37. The van der Waals surface area contributed by atoms with Gasteiger partial charge in [0, 0.05) is 19.6 Å². The van der Waals surface area contributed by atoms with Crippen molar-refractivity contribution >= 4 is 17.2 Å². The fourth-order valence-electron chi connectivity index (χ4n) is 3.61. The van der Waals surface area contributed by atoms with E-state index in [-0.39, 0.29) is 5.92 Å². The summed E-state index contributed by atoms with van der Waals surface area (Å²) in [5.74, 6) is 1.74. The smallest absolute Gasteiger partial charge is 0.241 e. The van der Waals surface area contributed by atoms with Gasteiger partial charge in [-0.25, -0.2) is 0 Å². The Morgan fingerprint density at radius 3 is 2.96 bits per heavy atom. The highest BCUT2D eigenvalue weighted by Crippen LogP contribution is 2.24. The highest BCUT2D eigenvalue weighted by molar-refractivity contribution is 7.13. The van der Waals surface area contributed by atoms with E-state index in [1.54, 1.807) is 11.3 Å². The lowest BCUT2D eigenvalue weighted by molar-refractivity contribution is -0.136. The molecule has 2 aliphatic rings. The van der Waals surface area contributed by atoms with Crippen LogP contribution in [0.25, 0.3) is 10.7 Å². The van der Waals surface area contributed by atoms with Crippen molar-refractivity contribution in [2.75, 3.05) is 26.2 Å². The van der Waals surface area contributed by atoms with E-state index in [9.17, 15) is 4.79 Å². The predicted molar refractivity (Wildman–Crippen MR) is 91.4 cm³/mol. The number of amides is 1. The van der Waals surface area contributed by atoms with E-state index in [0.29, 0.717) is 24.2 Å². The van der Waals surface area contributed by atoms with E-state index in [1.807, 2.05) is 22.4 Å². The molecule has 0 radical (unpaired) electrons. The number of carbonyl (C=O) groups excluding carboxylic acids is 1. The zero-order chi connectivity index (χ0) is 16.4. The van der Waals surface area contributed by atoms with Gasteiger partial charge in [0.15, 0.2) is 0 Å². The van der Waals surface area contributed by atoms with Crippen LogP contribution in [0.4, 0.5) is 0 Å². The Kier molecular flexibility index (Phi) is 4.62. The lowest BCUT2D eigenvalue weighted by Gasteiger charge is -2.33. The molecular formula is C17H22N4O2S. The molecule has 2 aromatic heterocycles. The molecule has 0 N–H and O–H groups in total. The summed E-state index contributed by atoms with van der Waals surface area (Å²) in [6.07, 6.45) is 4.34. The summed E-state index contributed by atoms with van der Waals surface area (Å²) in [5, 5.41) is 6.07. The maximum Gasteiger partial charge on any atom is 0.241 e. The molecule has 1 amide bonds. The lowest BCUT2D eigenvalue weighted by atomic mass is 9.96. The van der Waals surface area contributed by atoms with E-state index in [1.165, 1.54) is 0 Å². The first kappa shape index (κ1) is 15.8. The Bertz CT molecular complexity index is 679. The van der Waals surface area contributed by atoms with Crippen LogP contribution in [0.2, 0.25) is 0 Å². The molecule has 6 nitrogen and oxygen atoms in total. The Labute approximate surface area is 145 Å². The van der Waals surface area contributed by atoms with Crippen molar-refractivity contribution in [1.29, 1.82) is 0 Å². The van der Waals surface area contributed by atoms with Crippen LogP contribution >= 0.6 is 11.3 Å². The number of piperidine rings is 1. The first-order valence-electron chi connectivity index (χ1n) is 8.67. The molecule has 24 heavy (non-hydrogen) atoms. The second kappa shape index (κ2) is 7.03. The van der Waals surface area contributed by atoms with Crippen molar-refractivity contribution in [3.63, 3.8) is 0 Å². The Morgan fingerprint density at radius 2 is 2.17 bits per heavy atom. The van der Waals surface area contributed by atoms with Gasteiger partial charge >= 0.3 is 0 Å². The molecule has 0 saturated carbocycles. The molecule has 0 spiro atoms. The van der Waals surface area contributed by atoms with Gasteiger partial charge in [-0.15, -0.1) is 11.3 Å². The standard InChI is InChI=1S/C17H22N4O2S/c22-17(21-8-1-2-9-21)13-5-3-7-20(11-13)12-15-18-16(19-23-15)14-6-4-10-24-14/h4,6,10,13H,1-3,5,7-9,11-12H2. The summed E-state index contributed by atoms with van der Waals surface area (Å²) in [4.78, 5) is 22.4. The molecular weight excluding hydrogens is 324 g/mol. The Hall–Kier alpha value is -1.73. The zero-order valence-corrected chi connectivity index (χ0v) is 14.5. The molecule has 2 fully saturated rings. The van der Waals surface area contributed by atoms with E-state index >= 15 is 0 Å². The average Bonchev–Trinajstić information content (AvgIpc) is 3.35. The molecule has 0 bridgehead atoms. The highest BCUT2D eigenvalue weighted by atomic mass is 32.1. The van der Waals surface area contributed by atoms with Crippen LogP contribution in [0, 0.1) is 5.92 Å². The number of carbonyl (C=O) groups is 1. The zero-order valence-electron chi connectivity index (χ0n) is 13.7. The van der Waals surface area contributed by atoms with Gasteiger partial charge in [-0.05, 0) is 43.7 Å². The van der Waals surface area contributed by atoms with Crippen LogP contribution in [0.3, 0.4) is 0 Å². The van der Waals surface area contributed by atoms with Crippen molar-refractivity contribution in [1.82, 2.24) is 19.9 Å². The van der Waals surface area contributed by atoms with Gasteiger partial charge in [-0.1, -0.05) is 11.2 Å². The van der Waals surface area contributed by atoms with Gasteiger partial charge in [0.1, 0.15) is 0 Å². The molecule has 1 atom stereocenters. The quantitative estimate of drug-likeness (QED) is 0.852. The predicted octanol–water partition coefficient (Wildman–Crippen LogP) is 2.63. The number of rotatable bonds is 4. The third-order valence-electron chi connectivity index (χ3n) is 4.84. The topological polar surface area (TPSA) is 62.5 Å². The third-order valence-corrected chi connectivity index (χ3v) is 5.71. The maximum atomic E-state index is 12.6. The summed E-state index contributed by atoms with van der Waals surface area (Å²) < 4.78 is 5.40. The number of aromatic nitrogens is 2. The fraction of sp³-hybridized carbons (Fsp3) is 0.588. The van der Waals surface area contributed by atoms with Crippen LogP contribution in [0.1, 0.15) is 31.6 Å². The van der Waals surface area contributed by atoms with E-state index in [0.717, 1.165) is 56.7 Å². The monoisotopic (exact) mass is 346 g/mol. The van der Waals surface area contributed by atoms with E-state index < -0.39 is 0 Å². The fourth-order valence-corrected chi connectivity index (χ4v) is 4.26. The number of likely N-dealkylation sites (tertiary alicyclic amines) is 2. The summed E-state index contributed by atoms with van der Waals surface area (Å²) >= 11 is 1.61. The van der Waals surface area contributed by atoms with Gasteiger partial charge in [0.2, 0.25) is 17.6 Å². The van der Waals surface area contributed by atoms with Crippen LogP contribution < -0.4 is 0 Å². The minimum absolute atomic E-state index is 0.122. The Morgan fingerprint density at radius 1 is 1.29 bits per heavy atom. The number of thiophene rings is 1. The van der Waals surface area contributed by atoms with Crippen molar-refractivity contribution in [2.45, 2.75) is 32.2 Å². The molecule has 1 unspecified atom stereocenters. The molecule has 0 aliphatic carbocycles. The van der Waals surface area contributed by atoms with E-state index in [2.05, 4.69) is 15.0 Å². The average molecular weight is 346 g/mol. The minimum Gasteiger partial charge on any atom is -0.342 e. The first-order chi connectivity index (χ1) is 11.8. The molecule has 2 aromatic rings. The van der Waals surface area contributed by atoms with Crippen LogP contribution in [0.5, 0.6) is 0 Å². The third kappa shape index (κ3) is 3.37. The second-order valence-electron chi connectivity index (χ2n) is 6.60.